The summed E-state index contributed by atoms with van der Waals surface area (Å²) < 4.78 is 6.97. The van der Waals surface area contributed by atoms with E-state index in [1.807, 2.05) is 24.3 Å². The second-order valence-corrected chi connectivity index (χ2v) is 8.82. The number of methoxy groups -OCH3 is 1. The average molecular weight is 412 g/mol. The lowest BCUT2D eigenvalue weighted by Crippen LogP contribution is -2.25. The maximum Gasteiger partial charge on any atom is 0.263 e. The number of fused-ring (bicyclic) bond motifs is 3. The van der Waals surface area contributed by atoms with E-state index in [0.29, 0.717) is 29.6 Å². The van der Waals surface area contributed by atoms with Gasteiger partial charge in [-0.1, -0.05) is 30.0 Å². The van der Waals surface area contributed by atoms with Crippen molar-refractivity contribution >= 4 is 33.3 Å². The molecule has 0 amide bonds. The van der Waals surface area contributed by atoms with Gasteiger partial charge in [0, 0.05) is 17.7 Å². The van der Waals surface area contributed by atoms with Crippen molar-refractivity contribution < 1.29 is 4.74 Å². The molecule has 0 N–H and O–H groups in total. The molecule has 1 aliphatic rings. The minimum absolute atomic E-state index is 0.0394. The van der Waals surface area contributed by atoms with Crippen molar-refractivity contribution in [3.8, 4) is 6.07 Å². The summed E-state index contributed by atoms with van der Waals surface area (Å²) in [6.45, 7) is 0.937. The van der Waals surface area contributed by atoms with Crippen molar-refractivity contribution in [3.63, 3.8) is 0 Å². The Kier molecular flexibility index (Phi) is 5.81. The highest BCUT2D eigenvalue weighted by molar-refractivity contribution is 7.98. The normalized spacial score (nSPS) is 13.4. The first-order valence-corrected chi connectivity index (χ1v) is 11.2. The first-order chi connectivity index (χ1) is 13.7. The maximum absolute atomic E-state index is 13.3. The molecule has 7 heteroatoms. The monoisotopic (exact) mass is 411 g/mol. The van der Waals surface area contributed by atoms with Gasteiger partial charge in [-0.05, 0) is 42.9 Å². The summed E-state index contributed by atoms with van der Waals surface area (Å²) in [7, 11) is 1.64. The highest BCUT2D eigenvalue weighted by atomic mass is 32.2. The number of aryl methyl sites for hydroxylation is 2. The quantitative estimate of drug-likeness (QED) is 0.450. The molecular formula is C21H21N3O2S2. The topological polar surface area (TPSA) is 67.9 Å². The highest BCUT2D eigenvalue weighted by Crippen LogP contribution is 2.35. The molecular weight excluding hydrogens is 390 g/mol. The molecule has 0 bridgehead atoms. The number of nitriles is 1. The molecule has 4 rings (SSSR count). The molecule has 0 atom stereocenters. The molecule has 5 nitrogen and oxygen atoms in total. The van der Waals surface area contributed by atoms with E-state index in [0.717, 1.165) is 35.0 Å². The second-order valence-electron chi connectivity index (χ2n) is 6.79. The SMILES string of the molecule is COCCn1c(SCc2ccccc2C#N)nc2sc3c(c2c1=O)CCCC3. The Bertz CT molecular complexity index is 1110. The van der Waals surface area contributed by atoms with Gasteiger partial charge in [-0.15, -0.1) is 11.3 Å². The Morgan fingerprint density at radius 2 is 2.14 bits per heavy atom. The number of hydrogen-bond donors (Lipinski definition) is 0. The van der Waals surface area contributed by atoms with Gasteiger partial charge in [0.05, 0.1) is 30.2 Å². The van der Waals surface area contributed by atoms with Crippen LogP contribution in [0.1, 0.15) is 34.4 Å². The Morgan fingerprint density at radius 1 is 1.32 bits per heavy atom. The first-order valence-electron chi connectivity index (χ1n) is 9.37. The van der Waals surface area contributed by atoms with Crippen molar-refractivity contribution in [3.05, 3.63) is 56.2 Å². The lowest BCUT2D eigenvalue weighted by Gasteiger charge is -2.13. The fourth-order valence-electron chi connectivity index (χ4n) is 3.61. The van der Waals surface area contributed by atoms with E-state index in [9.17, 15) is 10.1 Å². The Morgan fingerprint density at radius 3 is 2.96 bits per heavy atom. The van der Waals surface area contributed by atoms with Gasteiger partial charge in [0.25, 0.3) is 5.56 Å². The summed E-state index contributed by atoms with van der Waals surface area (Å²) in [5, 5.41) is 10.8. The van der Waals surface area contributed by atoms with E-state index >= 15 is 0 Å². The molecule has 0 saturated carbocycles. The minimum Gasteiger partial charge on any atom is -0.383 e. The van der Waals surface area contributed by atoms with E-state index in [4.69, 9.17) is 9.72 Å². The van der Waals surface area contributed by atoms with Crippen LogP contribution in [0.4, 0.5) is 0 Å². The third kappa shape index (κ3) is 3.60. The van der Waals surface area contributed by atoms with Crippen LogP contribution >= 0.6 is 23.1 Å². The van der Waals surface area contributed by atoms with Crippen LogP contribution in [-0.4, -0.2) is 23.3 Å². The minimum atomic E-state index is 0.0394. The summed E-state index contributed by atoms with van der Waals surface area (Å²) in [5.41, 5.74) is 2.86. The standard InChI is InChI=1S/C21H21N3O2S2/c1-26-11-10-24-20(25)18-16-8-4-5-9-17(16)28-19(18)23-21(24)27-13-15-7-3-2-6-14(15)12-22/h2-3,6-7H,4-5,8-11,13H2,1H3. The molecule has 0 fully saturated rings. The number of rotatable bonds is 6. The van der Waals surface area contributed by atoms with Crippen molar-refractivity contribution in [1.29, 1.82) is 5.26 Å². The van der Waals surface area contributed by atoms with E-state index in [-0.39, 0.29) is 5.56 Å². The van der Waals surface area contributed by atoms with Crippen LogP contribution in [0.3, 0.4) is 0 Å². The molecule has 2 aromatic heterocycles. The summed E-state index contributed by atoms with van der Waals surface area (Å²) in [6.07, 6.45) is 4.34. The number of hydrogen-bond acceptors (Lipinski definition) is 6. The van der Waals surface area contributed by atoms with Crippen molar-refractivity contribution in [1.82, 2.24) is 9.55 Å². The zero-order valence-electron chi connectivity index (χ0n) is 15.7. The number of ether oxygens (including phenoxy) is 1. The number of thioether (sulfide) groups is 1. The van der Waals surface area contributed by atoms with Gasteiger partial charge < -0.3 is 4.74 Å². The van der Waals surface area contributed by atoms with Crippen molar-refractivity contribution in [2.75, 3.05) is 13.7 Å². The van der Waals surface area contributed by atoms with Crippen LogP contribution in [0.5, 0.6) is 0 Å². The summed E-state index contributed by atoms with van der Waals surface area (Å²) in [6, 6.07) is 9.79. The van der Waals surface area contributed by atoms with E-state index < -0.39 is 0 Å². The number of benzene rings is 1. The molecule has 1 aromatic carbocycles. The van der Waals surface area contributed by atoms with Crippen LogP contribution in [0.2, 0.25) is 0 Å². The van der Waals surface area contributed by atoms with Gasteiger partial charge >= 0.3 is 0 Å². The first kappa shape index (κ1) is 19.2. The molecule has 0 aliphatic heterocycles. The van der Waals surface area contributed by atoms with Gasteiger partial charge in [-0.3, -0.25) is 9.36 Å². The lowest BCUT2D eigenvalue weighted by molar-refractivity contribution is 0.183. The third-order valence-corrected chi connectivity index (χ3v) is 7.26. The van der Waals surface area contributed by atoms with Crippen molar-refractivity contribution in [2.45, 2.75) is 43.1 Å². The Hall–Kier alpha value is -2.14. The second kappa shape index (κ2) is 8.48. The molecule has 0 unspecified atom stereocenters. The number of thiophene rings is 1. The number of aromatic nitrogens is 2. The van der Waals surface area contributed by atoms with Gasteiger partial charge in [0.2, 0.25) is 0 Å². The third-order valence-electron chi connectivity index (χ3n) is 5.05. The molecule has 0 spiro atoms. The molecule has 3 aromatic rings. The lowest BCUT2D eigenvalue weighted by atomic mass is 9.97. The molecule has 28 heavy (non-hydrogen) atoms. The zero-order chi connectivity index (χ0) is 19.5. The molecule has 0 saturated heterocycles. The van der Waals surface area contributed by atoms with Crippen LogP contribution < -0.4 is 5.56 Å². The Labute approximate surface area is 172 Å². The van der Waals surface area contributed by atoms with E-state index in [1.165, 1.54) is 28.6 Å². The average Bonchev–Trinajstić information content (AvgIpc) is 3.10. The van der Waals surface area contributed by atoms with Crippen molar-refractivity contribution in [2.24, 2.45) is 0 Å². The van der Waals surface area contributed by atoms with Crippen LogP contribution in [0, 0.1) is 11.3 Å². The van der Waals surface area contributed by atoms with Gasteiger partial charge in [0.15, 0.2) is 5.16 Å². The van der Waals surface area contributed by atoms with Crippen LogP contribution in [0.15, 0.2) is 34.2 Å². The van der Waals surface area contributed by atoms with E-state index in [1.54, 1.807) is 23.0 Å². The smallest absolute Gasteiger partial charge is 0.263 e. The van der Waals surface area contributed by atoms with Gasteiger partial charge in [-0.2, -0.15) is 5.26 Å². The largest absolute Gasteiger partial charge is 0.383 e. The molecule has 2 heterocycles. The van der Waals surface area contributed by atoms with E-state index in [2.05, 4.69) is 6.07 Å². The van der Waals surface area contributed by atoms with Gasteiger partial charge in [0.1, 0.15) is 4.83 Å². The Balaban J connectivity index is 1.76. The fourth-order valence-corrected chi connectivity index (χ4v) is 5.94. The predicted octanol–water partition coefficient (Wildman–Crippen LogP) is 4.15. The highest BCUT2D eigenvalue weighted by Gasteiger charge is 2.22. The van der Waals surface area contributed by atoms with Gasteiger partial charge in [-0.25, -0.2) is 4.98 Å². The fraction of sp³-hybridized carbons (Fsp3) is 0.381. The summed E-state index contributed by atoms with van der Waals surface area (Å²) in [4.78, 5) is 20.4. The zero-order valence-corrected chi connectivity index (χ0v) is 17.4. The van der Waals surface area contributed by atoms with Crippen LogP contribution in [0.25, 0.3) is 10.2 Å². The number of nitrogens with zero attached hydrogens (tertiary/aromatic N) is 3. The molecule has 144 valence electrons. The summed E-state index contributed by atoms with van der Waals surface area (Å²) in [5.74, 6) is 0.597. The molecule has 1 aliphatic carbocycles. The molecule has 0 radical (unpaired) electrons. The predicted molar refractivity (Wildman–Crippen MR) is 113 cm³/mol. The van der Waals surface area contributed by atoms with Crippen LogP contribution in [-0.2, 0) is 29.9 Å². The maximum atomic E-state index is 13.3. The summed E-state index contributed by atoms with van der Waals surface area (Å²) >= 11 is 3.18.